The van der Waals surface area contributed by atoms with Gasteiger partial charge >= 0.3 is 0 Å². The monoisotopic (exact) mass is 220 g/mol. The van der Waals surface area contributed by atoms with Crippen molar-refractivity contribution in [3.63, 3.8) is 0 Å². The standard InChI is InChI=1S/C13H20N2O/c1-10-5-6-11(2)12(7-10)8-14-9-13(16)15(3)4/h5-7,14H,8-9H2,1-4H3. The SMILES string of the molecule is Cc1ccc(C)c(CNCC(=O)N(C)C)c1. The smallest absolute Gasteiger partial charge is 0.236 e. The number of likely N-dealkylation sites (N-methyl/N-ethyl adjacent to an activating group) is 1. The molecule has 16 heavy (non-hydrogen) atoms. The number of nitrogens with zero attached hydrogens (tertiary/aromatic N) is 1. The van der Waals surface area contributed by atoms with E-state index in [-0.39, 0.29) is 5.91 Å². The average Bonchev–Trinajstić information content (AvgIpc) is 2.22. The van der Waals surface area contributed by atoms with E-state index in [1.54, 1.807) is 19.0 Å². The molecule has 1 aromatic carbocycles. The summed E-state index contributed by atoms with van der Waals surface area (Å²) >= 11 is 0. The third-order valence-electron chi connectivity index (χ3n) is 2.60. The molecule has 1 amide bonds. The highest BCUT2D eigenvalue weighted by Crippen LogP contribution is 2.09. The third-order valence-corrected chi connectivity index (χ3v) is 2.60. The van der Waals surface area contributed by atoms with Crippen LogP contribution in [0.5, 0.6) is 0 Å². The Morgan fingerprint density at radius 3 is 2.62 bits per heavy atom. The fourth-order valence-corrected chi connectivity index (χ4v) is 1.45. The summed E-state index contributed by atoms with van der Waals surface area (Å²) in [5, 5.41) is 3.16. The van der Waals surface area contributed by atoms with Crippen LogP contribution >= 0.6 is 0 Å². The van der Waals surface area contributed by atoms with Gasteiger partial charge in [0.15, 0.2) is 0 Å². The first kappa shape index (κ1) is 12.7. The van der Waals surface area contributed by atoms with Gasteiger partial charge in [-0.1, -0.05) is 23.8 Å². The van der Waals surface area contributed by atoms with Crippen molar-refractivity contribution in [3.05, 3.63) is 34.9 Å². The molecule has 0 fully saturated rings. The van der Waals surface area contributed by atoms with Crippen molar-refractivity contribution in [2.24, 2.45) is 0 Å². The van der Waals surface area contributed by atoms with Crippen LogP contribution in [0, 0.1) is 13.8 Å². The Hall–Kier alpha value is -1.35. The number of amides is 1. The molecule has 0 saturated heterocycles. The van der Waals surface area contributed by atoms with E-state index in [0.29, 0.717) is 6.54 Å². The summed E-state index contributed by atoms with van der Waals surface area (Å²) in [6.07, 6.45) is 0. The fraction of sp³-hybridized carbons (Fsp3) is 0.462. The number of rotatable bonds is 4. The topological polar surface area (TPSA) is 32.3 Å². The molecule has 0 spiro atoms. The highest BCUT2D eigenvalue weighted by atomic mass is 16.2. The van der Waals surface area contributed by atoms with Gasteiger partial charge in [-0.05, 0) is 25.0 Å². The molecule has 88 valence electrons. The molecule has 0 heterocycles. The molecule has 0 radical (unpaired) electrons. The van der Waals surface area contributed by atoms with Crippen LogP contribution in [0.15, 0.2) is 18.2 Å². The molecule has 1 aromatic rings. The number of aryl methyl sites for hydroxylation is 2. The molecule has 0 bridgehead atoms. The lowest BCUT2D eigenvalue weighted by atomic mass is 10.1. The maximum absolute atomic E-state index is 11.3. The lowest BCUT2D eigenvalue weighted by Crippen LogP contribution is -2.32. The van der Waals surface area contributed by atoms with Crippen LogP contribution in [0.25, 0.3) is 0 Å². The van der Waals surface area contributed by atoms with Gasteiger partial charge in [0.25, 0.3) is 0 Å². The van der Waals surface area contributed by atoms with Crippen LogP contribution in [-0.2, 0) is 11.3 Å². The van der Waals surface area contributed by atoms with Gasteiger partial charge in [-0.25, -0.2) is 0 Å². The van der Waals surface area contributed by atoms with Crippen molar-refractivity contribution in [3.8, 4) is 0 Å². The highest BCUT2D eigenvalue weighted by Gasteiger charge is 2.03. The largest absolute Gasteiger partial charge is 0.348 e. The lowest BCUT2D eigenvalue weighted by Gasteiger charge is -2.12. The third kappa shape index (κ3) is 3.66. The minimum Gasteiger partial charge on any atom is -0.348 e. The highest BCUT2D eigenvalue weighted by molar-refractivity contribution is 5.77. The number of nitrogens with one attached hydrogen (secondary N) is 1. The number of carbonyl (C=O) groups is 1. The van der Waals surface area contributed by atoms with Crippen LogP contribution in [0.4, 0.5) is 0 Å². The predicted molar refractivity (Wildman–Crippen MR) is 66.3 cm³/mol. The second-order valence-electron chi connectivity index (χ2n) is 4.32. The first-order valence-corrected chi connectivity index (χ1v) is 5.47. The quantitative estimate of drug-likeness (QED) is 0.833. The van der Waals surface area contributed by atoms with E-state index in [0.717, 1.165) is 6.54 Å². The lowest BCUT2D eigenvalue weighted by molar-refractivity contribution is -0.127. The second-order valence-corrected chi connectivity index (χ2v) is 4.32. The van der Waals surface area contributed by atoms with Crippen molar-refractivity contribution in [1.82, 2.24) is 10.2 Å². The van der Waals surface area contributed by atoms with Crippen LogP contribution in [0.1, 0.15) is 16.7 Å². The van der Waals surface area contributed by atoms with E-state index in [4.69, 9.17) is 0 Å². The number of hydrogen-bond acceptors (Lipinski definition) is 2. The van der Waals surface area contributed by atoms with Gasteiger partial charge in [-0.15, -0.1) is 0 Å². The first-order chi connectivity index (χ1) is 7.50. The molecular weight excluding hydrogens is 200 g/mol. The fourth-order valence-electron chi connectivity index (χ4n) is 1.45. The summed E-state index contributed by atoms with van der Waals surface area (Å²) in [7, 11) is 3.53. The van der Waals surface area contributed by atoms with E-state index in [2.05, 4.69) is 37.4 Å². The molecule has 0 atom stereocenters. The van der Waals surface area contributed by atoms with Gasteiger partial charge in [-0.3, -0.25) is 4.79 Å². The van der Waals surface area contributed by atoms with Crippen LogP contribution in [0.2, 0.25) is 0 Å². The summed E-state index contributed by atoms with van der Waals surface area (Å²) in [4.78, 5) is 12.9. The van der Waals surface area contributed by atoms with Crippen LogP contribution < -0.4 is 5.32 Å². The Balaban J connectivity index is 2.49. The summed E-state index contributed by atoms with van der Waals surface area (Å²) in [6, 6.07) is 6.37. The van der Waals surface area contributed by atoms with Crippen molar-refractivity contribution in [2.45, 2.75) is 20.4 Å². The molecule has 0 saturated carbocycles. The molecule has 0 aliphatic carbocycles. The van der Waals surface area contributed by atoms with Gasteiger partial charge in [0.05, 0.1) is 6.54 Å². The molecule has 0 aliphatic rings. The summed E-state index contributed by atoms with van der Waals surface area (Å²) < 4.78 is 0. The minimum absolute atomic E-state index is 0.102. The minimum atomic E-state index is 0.102. The number of benzene rings is 1. The predicted octanol–water partition coefficient (Wildman–Crippen LogP) is 1.48. The number of carbonyl (C=O) groups excluding carboxylic acids is 1. The van der Waals surface area contributed by atoms with Gasteiger partial charge in [-0.2, -0.15) is 0 Å². The van der Waals surface area contributed by atoms with Gasteiger partial charge < -0.3 is 10.2 Å². The second kappa shape index (κ2) is 5.66. The van der Waals surface area contributed by atoms with Crippen molar-refractivity contribution in [2.75, 3.05) is 20.6 Å². The van der Waals surface area contributed by atoms with E-state index >= 15 is 0 Å². The molecule has 0 aliphatic heterocycles. The van der Waals surface area contributed by atoms with E-state index in [9.17, 15) is 4.79 Å². The van der Waals surface area contributed by atoms with E-state index in [1.165, 1.54) is 16.7 Å². The molecule has 1 N–H and O–H groups in total. The molecule has 3 heteroatoms. The normalized spacial score (nSPS) is 10.2. The van der Waals surface area contributed by atoms with Gasteiger partial charge in [0.1, 0.15) is 0 Å². The molecular formula is C13H20N2O. The zero-order valence-corrected chi connectivity index (χ0v) is 10.5. The molecule has 0 unspecified atom stereocenters. The zero-order chi connectivity index (χ0) is 12.1. The van der Waals surface area contributed by atoms with Crippen molar-refractivity contribution < 1.29 is 4.79 Å². The van der Waals surface area contributed by atoms with E-state index in [1.807, 2.05) is 0 Å². The maximum atomic E-state index is 11.3. The van der Waals surface area contributed by atoms with Crippen LogP contribution in [-0.4, -0.2) is 31.4 Å². The Labute approximate surface area is 97.5 Å². The summed E-state index contributed by atoms with van der Waals surface area (Å²) in [5.41, 5.74) is 3.77. The Kier molecular flexibility index (Phi) is 4.50. The van der Waals surface area contributed by atoms with E-state index < -0.39 is 0 Å². The Morgan fingerprint density at radius 1 is 1.31 bits per heavy atom. The summed E-state index contributed by atoms with van der Waals surface area (Å²) in [6.45, 7) is 5.30. The van der Waals surface area contributed by atoms with Crippen LogP contribution in [0.3, 0.4) is 0 Å². The molecule has 3 nitrogen and oxygen atoms in total. The summed E-state index contributed by atoms with van der Waals surface area (Å²) in [5.74, 6) is 0.102. The average molecular weight is 220 g/mol. The maximum Gasteiger partial charge on any atom is 0.236 e. The van der Waals surface area contributed by atoms with Gasteiger partial charge in [0.2, 0.25) is 5.91 Å². The Morgan fingerprint density at radius 2 is 2.00 bits per heavy atom. The number of hydrogen-bond donors (Lipinski definition) is 1. The van der Waals surface area contributed by atoms with Crippen molar-refractivity contribution in [1.29, 1.82) is 0 Å². The molecule has 1 rings (SSSR count). The van der Waals surface area contributed by atoms with Gasteiger partial charge in [0, 0.05) is 20.6 Å². The van der Waals surface area contributed by atoms with Crippen molar-refractivity contribution >= 4 is 5.91 Å². The Bertz CT molecular complexity index is 372. The zero-order valence-electron chi connectivity index (χ0n) is 10.5. The molecule has 0 aromatic heterocycles. The first-order valence-electron chi connectivity index (χ1n) is 5.47.